The molecule has 1 aliphatic heterocycles. The predicted octanol–water partition coefficient (Wildman–Crippen LogP) is 3.06. The first kappa shape index (κ1) is 16.7. The van der Waals surface area contributed by atoms with Crippen molar-refractivity contribution >= 4 is 5.82 Å². The average molecular weight is 337 g/mol. The first-order valence-corrected chi connectivity index (χ1v) is 7.69. The van der Waals surface area contributed by atoms with E-state index in [1.807, 2.05) is 12.1 Å². The Kier molecular flexibility index (Phi) is 4.73. The number of benzene rings is 1. The fourth-order valence-electron chi connectivity index (χ4n) is 2.62. The molecule has 0 saturated carbocycles. The van der Waals surface area contributed by atoms with Crippen LogP contribution < -0.4 is 10.6 Å². The van der Waals surface area contributed by atoms with Gasteiger partial charge in [0.15, 0.2) is 0 Å². The van der Waals surface area contributed by atoms with Crippen LogP contribution in [0, 0.1) is 0 Å². The van der Waals surface area contributed by atoms with Gasteiger partial charge in [0, 0.05) is 25.2 Å². The maximum Gasteiger partial charge on any atom is 0.416 e. The minimum atomic E-state index is -4.34. The van der Waals surface area contributed by atoms with Crippen molar-refractivity contribution in [3.63, 3.8) is 0 Å². The molecular formula is C17H18F3N3O. The van der Waals surface area contributed by atoms with E-state index in [1.54, 1.807) is 0 Å². The summed E-state index contributed by atoms with van der Waals surface area (Å²) >= 11 is 0. The van der Waals surface area contributed by atoms with Crippen molar-refractivity contribution in [1.29, 1.82) is 0 Å². The van der Waals surface area contributed by atoms with Gasteiger partial charge in [-0.25, -0.2) is 4.98 Å². The molecule has 1 saturated heterocycles. The second-order valence-electron chi connectivity index (χ2n) is 5.60. The maximum absolute atomic E-state index is 12.7. The van der Waals surface area contributed by atoms with Crippen LogP contribution in [-0.2, 0) is 17.5 Å². The SMILES string of the molecule is NCc1cc(-c2ccc(C(F)(F)F)cc2)nc(N2CCOCC2)c1. The number of pyridine rings is 1. The van der Waals surface area contributed by atoms with E-state index in [1.165, 1.54) is 12.1 Å². The number of nitrogens with two attached hydrogens (primary N) is 1. The maximum atomic E-state index is 12.7. The number of morpholine rings is 1. The van der Waals surface area contributed by atoms with Gasteiger partial charge >= 0.3 is 6.18 Å². The Balaban J connectivity index is 1.94. The van der Waals surface area contributed by atoms with Crippen LogP contribution in [-0.4, -0.2) is 31.3 Å². The molecule has 0 amide bonds. The van der Waals surface area contributed by atoms with E-state index in [2.05, 4.69) is 9.88 Å². The summed E-state index contributed by atoms with van der Waals surface area (Å²) in [5.74, 6) is 0.774. The van der Waals surface area contributed by atoms with Gasteiger partial charge in [0.05, 0.1) is 24.5 Å². The van der Waals surface area contributed by atoms with Gasteiger partial charge in [-0.3, -0.25) is 0 Å². The highest BCUT2D eigenvalue weighted by Crippen LogP contribution is 2.31. The normalized spacial score (nSPS) is 15.6. The standard InChI is InChI=1S/C17H18F3N3O/c18-17(19,20)14-3-1-13(2-4-14)15-9-12(11-21)10-16(22-15)23-5-7-24-8-6-23/h1-4,9-10H,5-8,11,21H2. The zero-order chi connectivity index (χ0) is 17.2. The Morgan fingerprint density at radius 1 is 1.08 bits per heavy atom. The van der Waals surface area contributed by atoms with E-state index in [-0.39, 0.29) is 0 Å². The lowest BCUT2D eigenvalue weighted by atomic mass is 10.1. The second-order valence-corrected chi connectivity index (χ2v) is 5.60. The van der Waals surface area contributed by atoms with Crippen molar-refractivity contribution in [3.05, 3.63) is 47.5 Å². The van der Waals surface area contributed by atoms with E-state index >= 15 is 0 Å². The van der Waals surface area contributed by atoms with Gasteiger partial charge in [0.2, 0.25) is 0 Å². The van der Waals surface area contributed by atoms with Crippen molar-refractivity contribution in [2.24, 2.45) is 5.73 Å². The largest absolute Gasteiger partial charge is 0.416 e. The zero-order valence-electron chi connectivity index (χ0n) is 13.0. The molecule has 1 aromatic heterocycles. The molecule has 7 heteroatoms. The first-order chi connectivity index (χ1) is 11.5. The van der Waals surface area contributed by atoms with Crippen molar-refractivity contribution in [1.82, 2.24) is 4.98 Å². The molecule has 0 radical (unpaired) electrons. The number of nitrogens with zero attached hydrogens (tertiary/aromatic N) is 2. The van der Waals surface area contributed by atoms with Crippen LogP contribution in [0.25, 0.3) is 11.3 Å². The summed E-state index contributed by atoms with van der Waals surface area (Å²) in [4.78, 5) is 6.69. The molecule has 1 aromatic carbocycles. The number of rotatable bonds is 3. The first-order valence-electron chi connectivity index (χ1n) is 7.69. The highest BCUT2D eigenvalue weighted by molar-refractivity contribution is 5.63. The Morgan fingerprint density at radius 2 is 1.75 bits per heavy atom. The molecule has 4 nitrogen and oxygen atoms in total. The van der Waals surface area contributed by atoms with Gasteiger partial charge in [-0.1, -0.05) is 12.1 Å². The van der Waals surface area contributed by atoms with Gasteiger partial charge in [0.25, 0.3) is 0 Å². The molecular weight excluding hydrogens is 319 g/mol. The fraction of sp³-hybridized carbons (Fsp3) is 0.353. The third-order valence-corrected chi connectivity index (χ3v) is 3.95. The molecule has 128 valence electrons. The van der Waals surface area contributed by atoms with Gasteiger partial charge in [0.1, 0.15) is 5.82 Å². The summed E-state index contributed by atoms with van der Waals surface area (Å²) in [5, 5.41) is 0. The summed E-state index contributed by atoms with van der Waals surface area (Å²) < 4.78 is 43.4. The lowest BCUT2D eigenvalue weighted by Gasteiger charge is -2.28. The second kappa shape index (κ2) is 6.78. The quantitative estimate of drug-likeness (QED) is 0.935. The molecule has 0 spiro atoms. The molecule has 1 fully saturated rings. The molecule has 0 unspecified atom stereocenters. The van der Waals surface area contributed by atoms with Crippen molar-refractivity contribution in [3.8, 4) is 11.3 Å². The lowest BCUT2D eigenvalue weighted by Crippen LogP contribution is -2.36. The Bertz CT molecular complexity index is 695. The molecule has 0 aliphatic carbocycles. The van der Waals surface area contributed by atoms with Gasteiger partial charge < -0.3 is 15.4 Å². The minimum absolute atomic E-state index is 0.341. The number of anilines is 1. The van der Waals surface area contributed by atoms with E-state index in [4.69, 9.17) is 10.5 Å². The van der Waals surface area contributed by atoms with Gasteiger partial charge in [-0.2, -0.15) is 13.2 Å². The zero-order valence-corrected chi connectivity index (χ0v) is 13.0. The molecule has 24 heavy (non-hydrogen) atoms. The minimum Gasteiger partial charge on any atom is -0.378 e. The Morgan fingerprint density at radius 3 is 2.33 bits per heavy atom. The third kappa shape index (κ3) is 3.68. The smallest absolute Gasteiger partial charge is 0.378 e. The fourth-order valence-corrected chi connectivity index (χ4v) is 2.62. The van der Waals surface area contributed by atoms with Crippen LogP contribution in [0.3, 0.4) is 0 Å². The number of alkyl halides is 3. The molecule has 1 aliphatic rings. The van der Waals surface area contributed by atoms with Crippen LogP contribution in [0.4, 0.5) is 19.0 Å². The van der Waals surface area contributed by atoms with E-state index in [9.17, 15) is 13.2 Å². The Labute approximate surface area is 138 Å². The van der Waals surface area contributed by atoms with E-state index in [0.29, 0.717) is 31.0 Å². The van der Waals surface area contributed by atoms with E-state index < -0.39 is 11.7 Å². The summed E-state index contributed by atoms with van der Waals surface area (Å²) in [7, 11) is 0. The van der Waals surface area contributed by atoms with Crippen LogP contribution in [0.2, 0.25) is 0 Å². The predicted molar refractivity (Wildman–Crippen MR) is 85.6 cm³/mol. The number of hydrogen-bond donors (Lipinski definition) is 1. The van der Waals surface area contributed by atoms with Crippen LogP contribution in [0.15, 0.2) is 36.4 Å². The monoisotopic (exact) mass is 337 g/mol. The number of aromatic nitrogens is 1. The average Bonchev–Trinajstić information content (AvgIpc) is 2.61. The number of ether oxygens (including phenoxy) is 1. The molecule has 3 rings (SSSR count). The summed E-state index contributed by atoms with van der Waals surface area (Å²) in [6.07, 6.45) is -4.34. The molecule has 0 atom stereocenters. The topological polar surface area (TPSA) is 51.4 Å². The van der Waals surface area contributed by atoms with Crippen molar-refractivity contribution in [2.45, 2.75) is 12.7 Å². The van der Waals surface area contributed by atoms with Crippen molar-refractivity contribution < 1.29 is 17.9 Å². The highest BCUT2D eigenvalue weighted by Gasteiger charge is 2.30. The van der Waals surface area contributed by atoms with E-state index in [0.717, 1.165) is 36.6 Å². The summed E-state index contributed by atoms with van der Waals surface area (Å²) in [6, 6.07) is 8.75. The lowest BCUT2D eigenvalue weighted by molar-refractivity contribution is -0.137. The van der Waals surface area contributed by atoms with Crippen LogP contribution >= 0.6 is 0 Å². The van der Waals surface area contributed by atoms with Gasteiger partial charge in [-0.05, 0) is 29.8 Å². The molecule has 2 N–H and O–H groups in total. The number of hydrogen-bond acceptors (Lipinski definition) is 4. The highest BCUT2D eigenvalue weighted by atomic mass is 19.4. The number of halogens is 3. The van der Waals surface area contributed by atoms with Gasteiger partial charge in [-0.15, -0.1) is 0 Å². The molecule has 2 aromatic rings. The summed E-state index contributed by atoms with van der Waals surface area (Å²) in [5.41, 5.74) is 7.23. The van der Waals surface area contributed by atoms with Crippen molar-refractivity contribution in [2.75, 3.05) is 31.2 Å². The van der Waals surface area contributed by atoms with Crippen LogP contribution in [0.1, 0.15) is 11.1 Å². The Hall–Kier alpha value is -2.12. The van der Waals surface area contributed by atoms with Crippen LogP contribution in [0.5, 0.6) is 0 Å². The summed E-state index contributed by atoms with van der Waals surface area (Å²) in [6.45, 7) is 3.06. The molecule has 2 heterocycles. The molecule has 0 bridgehead atoms. The third-order valence-electron chi connectivity index (χ3n) is 3.95.